The molecule has 1 saturated heterocycles. The van der Waals surface area contributed by atoms with Gasteiger partial charge in [0.05, 0.1) is 23.4 Å². The van der Waals surface area contributed by atoms with Crippen molar-refractivity contribution >= 4 is 27.1 Å². The summed E-state index contributed by atoms with van der Waals surface area (Å²) in [5.41, 5.74) is 0.458. The molecule has 1 aliphatic rings. The van der Waals surface area contributed by atoms with Crippen molar-refractivity contribution < 1.29 is 18.1 Å². The summed E-state index contributed by atoms with van der Waals surface area (Å²) < 4.78 is 34.1. The molecule has 9 heteroatoms. The van der Waals surface area contributed by atoms with Gasteiger partial charge in [-0.3, -0.25) is 14.8 Å². The topological polar surface area (TPSA) is 102 Å². The lowest BCUT2D eigenvalue weighted by molar-refractivity contribution is -0.385. The van der Waals surface area contributed by atoms with Gasteiger partial charge in [0.1, 0.15) is 10.6 Å². The van der Waals surface area contributed by atoms with E-state index in [1.54, 1.807) is 24.3 Å². The first-order chi connectivity index (χ1) is 13.2. The molecule has 0 spiro atoms. The standard InChI is InChI=1S/C19H23N3O5S/c1-13-10-11-21(14(13)2)17-9-8-15(22(23)24)12-19(17)28(25,26)20-16-6-4-5-7-18(16)27-3/h4-9,12-14,20H,10-11H2,1-3H3. The molecule has 0 aliphatic carbocycles. The third-order valence-electron chi connectivity index (χ3n) is 5.24. The number of benzene rings is 2. The van der Waals surface area contributed by atoms with Crippen LogP contribution in [0.15, 0.2) is 47.4 Å². The van der Waals surface area contributed by atoms with E-state index in [0.29, 0.717) is 23.9 Å². The fraction of sp³-hybridized carbons (Fsp3) is 0.368. The quantitative estimate of drug-likeness (QED) is 0.581. The molecule has 1 N–H and O–H groups in total. The summed E-state index contributed by atoms with van der Waals surface area (Å²) >= 11 is 0. The lowest BCUT2D eigenvalue weighted by atomic mass is 10.1. The Morgan fingerprint density at radius 2 is 1.93 bits per heavy atom. The highest BCUT2D eigenvalue weighted by Crippen LogP contribution is 2.37. The van der Waals surface area contributed by atoms with Crippen molar-refractivity contribution in [2.75, 3.05) is 23.3 Å². The molecule has 0 bridgehead atoms. The first-order valence-corrected chi connectivity index (χ1v) is 10.4. The van der Waals surface area contributed by atoms with Crippen molar-refractivity contribution in [2.45, 2.75) is 31.2 Å². The van der Waals surface area contributed by atoms with Gasteiger partial charge >= 0.3 is 0 Å². The summed E-state index contributed by atoms with van der Waals surface area (Å²) in [5, 5.41) is 11.2. The molecule has 0 amide bonds. The third kappa shape index (κ3) is 3.75. The molecular formula is C19H23N3O5S. The molecule has 0 saturated carbocycles. The van der Waals surface area contributed by atoms with Crippen LogP contribution in [0.25, 0.3) is 0 Å². The number of nitro benzene ring substituents is 1. The molecule has 0 aromatic heterocycles. The SMILES string of the molecule is COc1ccccc1NS(=O)(=O)c1cc([N+](=O)[O-])ccc1N1CCC(C)C1C. The molecule has 3 rings (SSSR count). The minimum atomic E-state index is -4.09. The van der Waals surface area contributed by atoms with E-state index in [1.807, 2.05) is 11.8 Å². The Kier molecular flexibility index (Phi) is 5.46. The Bertz CT molecular complexity index is 993. The second kappa shape index (κ2) is 7.67. The Morgan fingerprint density at radius 3 is 2.54 bits per heavy atom. The van der Waals surface area contributed by atoms with Crippen LogP contribution < -0.4 is 14.4 Å². The maximum atomic E-state index is 13.2. The normalized spacial score (nSPS) is 19.5. The van der Waals surface area contributed by atoms with Crippen molar-refractivity contribution in [3.8, 4) is 5.75 Å². The third-order valence-corrected chi connectivity index (χ3v) is 6.64. The average molecular weight is 405 g/mol. The number of para-hydroxylation sites is 2. The van der Waals surface area contributed by atoms with Gasteiger partial charge in [0.25, 0.3) is 15.7 Å². The highest BCUT2D eigenvalue weighted by molar-refractivity contribution is 7.93. The first kappa shape index (κ1) is 19.9. The van der Waals surface area contributed by atoms with E-state index in [9.17, 15) is 18.5 Å². The Hall–Kier alpha value is -2.81. The number of ether oxygens (including phenoxy) is 1. The van der Waals surface area contributed by atoms with Crippen LogP contribution in [-0.2, 0) is 10.0 Å². The number of nitrogens with zero attached hydrogens (tertiary/aromatic N) is 2. The number of rotatable bonds is 6. The van der Waals surface area contributed by atoms with Gasteiger partial charge in [0.2, 0.25) is 0 Å². The van der Waals surface area contributed by atoms with Gasteiger partial charge in [0, 0.05) is 24.7 Å². The summed E-state index contributed by atoms with van der Waals surface area (Å²) in [6, 6.07) is 10.7. The van der Waals surface area contributed by atoms with E-state index in [0.717, 1.165) is 12.5 Å². The van der Waals surface area contributed by atoms with Gasteiger partial charge in [-0.05, 0) is 37.5 Å². The zero-order valence-corrected chi connectivity index (χ0v) is 16.8. The predicted molar refractivity (Wildman–Crippen MR) is 107 cm³/mol. The molecule has 2 aromatic rings. The Balaban J connectivity index is 2.09. The number of hydrogen-bond acceptors (Lipinski definition) is 6. The highest BCUT2D eigenvalue weighted by atomic mass is 32.2. The molecule has 1 aliphatic heterocycles. The summed E-state index contributed by atoms with van der Waals surface area (Å²) in [4.78, 5) is 12.5. The largest absolute Gasteiger partial charge is 0.495 e. The number of methoxy groups -OCH3 is 1. The van der Waals surface area contributed by atoms with Gasteiger partial charge < -0.3 is 9.64 Å². The zero-order valence-electron chi connectivity index (χ0n) is 16.0. The van der Waals surface area contributed by atoms with Crippen LogP contribution in [0.2, 0.25) is 0 Å². The van der Waals surface area contributed by atoms with Crippen LogP contribution >= 0.6 is 0 Å². The molecule has 28 heavy (non-hydrogen) atoms. The van der Waals surface area contributed by atoms with Crippen molar-refractivity contribution in [3.63, 3.8) is 0 Å². The van der Waals surface area contributed by atoms with Gasteiger partial charge in [-0.2, -0.15) is 0 Å². The first-order valence-electron chi connectivity index (χ1n) is 8.95. The van der Waals surface area contributed by atoms with Gasteiger partial charge in [-0.15, -0.1) is 0 Å². The Morgan fingerprint density at radius 1 is 1.21 bits per heavy atom. The number of sulfonamides is 1. The van der Waals surface area contributed by atoms with E-state index in [-0.39, 0.29) is 22.3 Å². The number of non-ortho nitro benzene ring substituents is 1. The second-order valence-electron chi connectivity index (χ2n) is 6.91. The van der Waals surface area contributed by atoms with E-state index < -0.39 is 14.9 Å². The lowest BCUT2D eigenvalue weighted by Gasteiger charge is -2.27. The van der Waals surface area contributed by atoms with Crippen molar-refractivity contribution in [2.24, 2.45) is 5.92 Å². The van der Waals surface area contributed by atoms with Gasteiger partial charge in [-0.25, -0.2) is 8.42 Å². The molecule has 2 unspecified atom stereocenters. The average Bonchev–Trinajstić information content (AvgIpc) is 3.00. The minimum Gasteiger partial charge on any atom is -0.495 e. The lowest BCUT2D eigenvalue weighted by Crippen LogP contribution is -2.31. The Labute approximate surface area is 164 Å². The fourth-order valence-electron chi connectivity index (χ4n) is 3.43. The zero-order chi connectivity index (χ0) is 20.5. The van der Waals surface area contributed by atoms with E-state index in [4.69, 9.17) is 4.74 Å². The summed E-state index contributed by atoms with van der Waals surface area (Å²) in [6.07, 6.45) is 0.928. The summed E-state index contributed by atoms with van der Waals surface area (Å²) in [7, 11) is -2.64. The van der Waals surface area contributed by atoms with E-state index in [1.165, 1.54) is 19.2 Å². The van der Waals surface area contributed by atoms with Crippen LogP contribution in [-0.4, -0.2) is 33.0 Å². The summed E-state index contributed by atoms with van der Waals surface area (Å²) in [5.74, 6) is 0.758. The predicted octanol–water partition coefficient (Wildman–Crippen LogP) is 3.64. The smallest absolute Gasteiger partial charge is 0.270 e. The second-order valence-corrected chi connectivity index (χ2v) is 8.57. The monoisotopic (exact) mass is 405 g/mol. The molecule has 0 radical (unpaired) electrons. The fourth-order valence-corrected chi connectivity index (χ4v) is 4.74. The maximum Gasteiger partial charge on any atom is 0.270 e. The van der Waals surface area contributed by atoms with Crippen LogP contribution in [0.5, 0.6) is 5.75 Å². The van der Waals surface area contributed by atoms with Gasteiger partial charge in [0.15, 0.2) is 0 Å². The van der Waals surface area contributed by atoms with Crippen molar-refractivity contribution in [1.29, 1.82) is 0 Å². The van der Waals surface area contributed by atoms with Crippen LogP contribution in [0.1, 0.15) is 20.3 Å². The highest BCUT2D eigenvalue weighted by Gasteiger charge is 2.33. The molecule has 1 fully saturated rings. The number of anilines is 2. The molecule has 2 atom stereocenters. The van der Waals surface area contributed by atoms with Gasteiger partial charge in [-0.1, -0.05) is 19.1 Å². The molecular weight excluding hydrogens is 382 g/mol. The van der Waals surface area contributed by atoms with Crippen LogP contribution in [0.3, 0.4) is 0 Å². The van der Waals surface area contributed by atoms with Crippen molar-refractivity contribution in [1.82, 2.24) is 0 Å². The molecule has 2 aromatic carbocycles. The number of nitro groups is 1. The number of nitrogens with one attached hydrogen (secondary N) is 1. The minimum absolute atomic E-state index is 0.117. The summed E-state index contributed by atoms with van der Waals surface area (Å²) in [6.45, 7) is 4.83. The van der Waals surface area contributed by atoms with Crippen LogP contribution in [0, 0.1) is 16.0 Å². The van der Waals surface area contributed by atoms with Crippen LogP contribution in [0.4, 0.5) is 17.1 Å². The van der Waals surface area contributed by atoms with E-state index in [2.05, 4.69) is 11.6 Å². The molecule has 1 heterocycles. The van der Waals surface area contributed by atoms with E-state index >= 15 is 0 Å². The molecule has 8 nitrogen and oxygen atoms in total. The number of hydrogen-bond donors (Lipinski definition) is 1. The van der Waals surface area contributed by atoms with Crippen molar-refractivity contribution in [3.05, 3.63) is 52.6 Å². The molecule has 150 valence electrons. The maximum absolute atomic E-state index is 13.2.